The minimum absolute atomic E-state index is 0.0530. The SMILES string of the molecule is Cc1nc(C)c(-c2ccc(=O)n(CCNS(=O)(=O)c3ccc(C(C)(C)C)cc3)n2)s1. The van der Waals surface area contributed by atoms with Crippen molar-refractivity contribution < 1.29 is 8.42 Å². The lowest BCUT2D eigenvalue weighted by molar-refractivity contribution is 0.548. The zero-order chi connectivity index (χ0) is 22.1. The Labute approximate surface area is 180 Å². The quantitative estimate of drug-likeness (QED) is 0.627. The Balaban J connectivity index is 1.72. The van der Waals surface area contributed by atoms with E-state index >= 15 is 0 Å². The topological polar surface area (TPSA) is 94.0 Å². The summed E-state index contributed by atoms with van der Waals surface area (Å²) in [6.07, 6.45) is 0. The van der Waals surface area contributed by atoms with Crippen LogP contribution in [-0.2, 0) is 22.0 Å². The second-order valence-corrected chi connectivity index (χ2v) is 11.1. The minimum atomic E-state index is -3.67. The molecule has 0 aliphatic carbocycles. The molecule has 0 radical (unpaired) electrons. The van der Waals surface area contributed by atoms with Gasteiger partial charge in [-0.1, -0.05) is 32.9 Å². The fraction of sp³-hybridized carbons (Fsp3) is 0.381. The molecule has 2 heterocycles. The van der Waals surface area contributed by atoms with Gasteiger partial charge < -0.3 is 0 Å². The molecule has 9 heteroatoms. The van der Waals surface area contributed by atoms with Gasteiger partial charge in [0.25, 0.3) is 5.56 Å². The van der Waals surface area contributed by atoms with Crippen LogP contribution >= 0.6 is 11.3 Å². The number of benzene rings is 1. The summed E-state index contributed by atoms with van der Waals surface area (Å²) in [7, 11) is -3.67. The summed E-state index contributed by atoms with van der Waals surface area (Å²) in [4.78, 5) is 17.6. The van der Waals surface area contributed by atoms with E-state index < -0.39 is 10.0 Å². The van der Waals surface area contributed by atoms with Crippen molar-refractivity contribution in [3.8, 4) is 10.6 Å². The maximum Gasteiger partial charge on any atom is 0.266 e. The van der Waals surface area contributed by atoms with E-state index in [2.05, 4.69) is 35.6 Å². The Morgan fingerprint density at radius 3 is 2.30 bits per heavy atom. The summed E-state index contributed by atoms with van der Waals surface area (Å²) in [5, 5.41) is 5.31. The van der Waals surface area contributed by atoms with Crippen molar-refractivity contribution in [2.24, 2.45) is 0 Å². The minimum Gasteiger partial charge on any atom is -0.268 e. The molecule has 160 valence electrons. The smallest absolute Gasteiger partial charge is 0.266 e. The van der Waals surface area contributed by atoms with Crippen LogP contribution in [0.3, 0.4) is 0 Å². The summed E-state index contributed by atoms with van der Waals surface area (Å²) in [6.45, 7) is 10.2. The van der Waals surface area contributed by atoms with Gasteiger partial charge in [0.1, 0.15) is 5.69 Å². The van der Waals surface area contributed by atoms with Crippen molar-refractivity contribution in [2.75, 3.05) is 6.54 Å². The normalized spacial score (nSPS) is 12.3. The molecule has 0 saturated carbocycles. The molecule has 30 heavy (non-hydrogen) atoms. The molecule has 0 atom stereocenters. The van der Waals surface area contributed by atoms with E-state index in [1.54, 1.807) is 18.2 Å². The zero-order valence-electron chi connectivity index (χ0n) is 17.8. The van der Waals surface area contributed by atoms with Crippen molar-refractivity contribution >= 4 is 21.4 Å². The van der Waals surface area contributed by atoms with E-state index in [1.807, 2.05) is 26.0 Å². The standard InChI is InChI=1S/C21H26N4O3S2/c1-14-20(29-15(2)23-14)18-10-11-19(26)25(24-18)13-12-22-30(27,28)17-8-6-16(7-9-17)21(3,4)5/h6-11,22H,12-13H2,1-5H3. The van der Waals surface area contributed by atoms with Crippen LogP contribution in [0, 0.1) is 13.8 Å². The van der Waals surface area contributed by atoms with Crippen LogP contribution in [0.15, 0.2) is 46.1 Å². The summed E-state index contributed by atoms with van der Waals surface area (Å²) in [6, 6.07) is 9.95. The highest BCUT2D eigenvalue weighted by Crippen LogP contribution is 2.27. The van der Waals surface area contributed by atoms with Gasteiger partial charge in [-0.25, -0.2) is 22.8 Å². The lowest BCUT2D eigenvalue weighted by atomic mass is 9.87. The summed E-state index contributed by atoms with van der Waals surface area (Å²) in [5.74, 6) is 0. The van der Waals surface area contributed by atoms with E-state index in [9.17, 15) is 13.2 Å². The number of nitrogens with zero attached hydrogens (tertiary/aromatic N) is 3. The van der Waals surface area contributed by atoms with Gasteiger partial charge in [-0.05, 0) is 43.0 Å². The largest absolute Gasteiger partial charge is 0.268 e. The van der Waals surface area contributed by atoms with Crippen LogP contribution in [0.2, 0.25) is 0 Å². The molecule has 3 aromatic rings. The Hall–Kier alpha value is -2.36. The molecule has 3 rings (SSSR count). The third kappa shape index (κ3) is 5.03. The molecule has 0 spiro atoms. The van der Waals surface area contributed by atoms with Crippen LogP contribution in [-0.4, -0.2) is 29.7 Å². The zero-order valence-corrected chi connectivity index (χ0v) is 19.4. The van der Waals surface area contributed by atoms with E-state index in [0.717, 1.165) is 21.1 Å². The molecule has 7 nitrogen and oxygen atoms in total. The summed E-state index contributed by atoms with van der Waals surface area (Å²) < 4.78 is 29.0. The lowest BCUT2D eigenvalue weighted by Gasteiger charge is -2.19. The van der Waals surface area contributed by atoms with Crippen molar-refractivity contribution in [3.05, 3.63) is 63.0 Å². The molecular weight excluding hydrogens is 420 g/mol. The molecule has 0 bridgehead atoms. The van der Waals surface area contributed by atoms with E-state index in [0.29, 0.717) is 5.69 Å². The average Bonchev–Trinajstić information content (AvgIpc) is 3.01. The van der Waals surface area contributed by atoms with Crippen LogP contribution in [0.5, 0.6) is 0 Å². The molecule has 0 unspecified atom stereocenters. The maximum absolute atomic E-state index is 12.6. The number of aryl methyl sites for hydroxylation is 2. The molecule has 0 aliphatic rings. The highest BCUT2D eigenvalue weighted by atomic mass is 32.2. The monoisotopic (exact) mass is 446 g/mol. The second kappa shape index (κ2) is 8.41. The fourth-order valence-electron chi connectivity index (χ4n) is 3.00. The first kappa shape index (κ1) is 22.3. The average molecular weight is 447 g/mol. The second-order valence-electron chi connectivity index (χ2n) is 8.10. The molecule has 0 fully saturated rings. The Bertz CT molecular complexity index is 1200. The highest BCUT2D eigenvalue weighted by molar-refractivity contribution is 7.89. The molecule has 2 aromatic heterocycles. The lowest BCUT2D eigenvalue weighted by Crippen LogP contribution is -2.32. The van der Waals surface area contributed by atoms with Gasteiger partial charge in [-0.3, -0.25) is 4.79 Å². The number of hydrogen-bond acceptors (Lipinski definition) is 6. The summed E-state index contributed by atoms with van der Waals surface area (Å²) in [5.41, 5.74) is 2.23. The number of hydrogen-bond donors (Lipinski definition) is 1. The Morgan fingerprint density at radius 1 is 1.07 bits per heavy atom. The first-order chi connectivity index (χ1) is 14.0. The van der Waals surface area contributed by atoms with Gasteiger partial charge in [0.05, 0.1) is 27.0 Å². The third-order valence-corrected chi connectivity index (χ3v) is 7.22. The molecular formula is C21H26N4O3S2. The van der Waals surface area contributed by atoms with Crippen LogP contribution in [0.1, 0.15) is 37.0 Å². The molecule has 1 N–H and O–H groups in total. The first-order valence-corrected chi connectivity index (χ1v) is 11.9. The van der Waals surface area contributed by atoms with E-state index in [4.69, 9.17) is 0 Å². The third-order valence-electron chi connectivity index (χ3n) is 4.65. The van der Waals surface area contributed by atoms with Crippen molar-refractivity contribution in [1.82, 2.24) is 19.5 Å². The number of aromatic nitrogens is 3. The van der Waals surface area contributed by atoms with Crippen molar-refractivity contribution in [1.29, 1.82) is 0 Å². The van der Waals surface area contributed by atoms with Crippen molar-refractivity contribution in [2.45, 2.75) is 51.5 Å². The van der Waals surface area contributed by atoms with E-state index in [1.165, 1.54) is 22.1 Å². The molecule has 0 amide bonds. The van der Waals surface area contributed by atoms with Crippen LogP contribution in [0.25, 0.3) is 10.6 Å². The van der Waals surface area contributed by atoms with Gasteiger partial charge >= 0.3 is 0 Å². The van der Waals surface area contributed by atoms with Crippen molar-refractivity contribution in [3.63, 3.8) is 0 Å². The highest BCUT2D eigenvalue weighted by Gasteiger charge is 2.17. The van der Waals surface area contributed by atoms with Crippen LogP contribution < -0.4 is 10.3 Å². The number of nitrogens with one attached hydrogen (secondary N) is 1. The van der Waals surface area contributed by atoms with E-state index in [-0.39, 0.29) is 29.0 Å². The molecule has 0 aliphatic heterocycles. The first-order valence-electron chi connectivity index (χ1n) is 9.60. The van der Waals surface area contributed by atoms with Gasteiger partial charge in [-0.15, -0.1) is 11.3 Å². The number of rotatable bonds is 6. The Kier molecular flexibility index (Phi) is 6.26. The van der Waals surface area contributed by atoms with Crippen LogP contribution in [0.4, 0.5) is 0 Å². The molecule has 0 saturated heterocycles. The van der Waals surface area contributed by atoms with Gasteiger partial charge in [-0.2, -0.15) is 5.10 Å². The number of thiazole rings is 1. The predicted octanol–water partition coefficient (Wildman–Crippen LogP) is 3.26. The van der Waals surface area contributed by atoms with Gasteiger partial charge in [0, 0.05) is 12.6 Å². The number of sulfonamides is 1. The maximum atomic E-state index is 12.6. The Morgan fingerprint density at radius 2 is 1.73 bits per heavy atom. The predicted molar refractivity (Wildman–Crippen MR) is 119 cm³/mol. The fourth-order valence-corrected chi connectivity index (χ4v) is 4.91. The van der Waals surface area contributed by atoms with Gasteiger partial charge in [0.2, 0.25) is 10.0 Å². The molecule has 1 aromatic carbocycles. The van der Waals surface area contributed by atoms with Gasteiger partial charge in [0.15, 0.2) is 0 Å². The summed E-state index contributed by atoms with van der Waals surface area (Å²) >= 11 is 1.51.